The third kappa shape index (κ3) is 7.49. The molecule has 5 rings (SSSR count). The van der Waals surface area contributed by atoms with Gasteiger partial charge < -0.3 is 19.3 Å². The molecule has 1 aromatic heterocycles. The lowest BCUT2D eigenvalue weighted by Gasteiger charge is -2.37. The number of carbonyl (C=O) groups excluding carboxylic acids is 1. The zero-order valence-electron chi connectivity index (χ0n) is 26.2. The van der Waals surface area contributed by atoms with Gasteiger partial charge in [0.15, 0.2) is 0 Å². The van der Waals surface area contributed by atoms with Crippen LogP contribution in [0.5, 0.6) is 5.75 Å². The number of urea groups is 1. The summed E-state index contributed by atoms with van der Waals surface area (Å²) in [6, 6.07) is 21.5. The maximum Gasteiger partial charge on any atom is 0.324 e. The number of nitrogens with zero attached hydrogens (tertiary/aromatic N) is 3. The predicted octanol–water partition coefficient (Wildman–Crippen LogP) is 7.16. The first-order valence-corrected chi connectivity index (χ1v) is 14.9. The Morgan fingerprint density at radius 1 is 0.976 bits per heavy atom. The molecule has 42 heavy (non-hydrogen) atoms. The van der Waals surface area contributed by atoms with Crippen LogP contribution in [-0.4, -0.2) is 66.8 Å². The number of likely N-dealkylation sites (N-methyl/N-ethyl adjacent to an activating group) is 1. The second kappa shape index (κ2) is 13.4. The highest BCUT2D eigenvalue weighted by Crippen LogP contribution is 2.32. The van der Waals surface area contributed by atoms with Crippen molar-refractivity contribution in [1.82, 2.24) is 9.78 Å². The Balaban J connectivity index is 0.00000198. The first-order valence-electron chi connectivity index (χ1n) is 14.9. The van der Waals surface area contributed by atoms with Gasteiger partial charge in [-0.3, -0.25) is 5.32 Å². The number of benzene rings is 3. The SMILES string of the molecule is CC.Cc1ccc(-n2nc(C(C)(C)C)cc2NC(=O)Nc2ccc(OCC[N+]3(C)CCOCC3)c3ccccc23)cc1. The number of morpholine rings is 1. The van der Waals surface area contributed by atoms with Gasteiger partial charge in [0.25, 0.3) is 0 Å². The number of hydrogen-bond donors (Lipinski definition) is 2. The molecule has 1 saturated heterocycles. The van der Waals surface area contributed by atoms with E-state index >= 15 is 0 Å². The van der Waals surface area contributed by atoms with E-state index in [0.29, 0.717) is 18.1 Å². The standard InChI is InChI=1S/C32H39N5O3.C2H6/c1-23-10-12-24(13-11-23)36-30(22-29(35-36)32(2,3)4)34-31(38)33-27-14-15-28(26-9-7-6-8-25(26)27)40-21-18-37(5)16-19-39-20-17-37;1-2/h6-15,22H,16-21H2,1-5H3,(H-,33,34,35,38);1-2H3/p+1. The van der Waals surface area contributed by atoms with Gasteiger partial charge in [-0.25, -0.2) is 9.48 Å². The number of carbonyl (C=O) groups is 1. The molecule has 4 aromatic rings. The number of hydrogen-bond acceptors (Lipinski definition) is 4. The molecule has 1 aliphatic rings. The van der Waals surface area contributed by atoms with Crippen molar-refractivity contribution >= 4 is 28.3 Å². The average Bonchev–Trinajstić information content (AvgIpc) is 3.40. The average molecular weight is 573 g/mol. The number of rotatable bonds is 7. The normalized spacial score (nSPS) is 14.5. The lowest BCUT2D eigenvalue weighted by Crippen LogP contribution is -2.53. The van der Waals surface area contributed by atoms with Gasteiger partial charge >= 0.3 is 6.03 Å². The van der Waals surface area contributed by atoms with Crippen molar-refractivity contribution in [3.63, 3.8) is 0 Å². The maximum absolute atomic E-state index is 13.3. The third-order valence-corrected chi connectivity index (χ3v) is 7.57. The van der Waals surface area contributed by atoms with Crippen molar-refractivity contribution in [2.75, 3.05) is 57.1 Å². The fourth-order valence-corrected chi connectivity index (χ4v) is 4.88. The summed E-state index contributed by atoms with van der Waals surface area (Å²) in [7, 11) is 2.25. The highest BCUT2D eigenvalue weighted by molar-refractivity contribution is 6.07. The quantitative estimate of drug-likeness (QED) is 0.231. The fourth-order valence-electron chi connectivity index (χ4n) is 4.88. The molecule has 0 unspecified atom stereocenters. The summed E-state index contributed by atoms with van der Waals surface area (Å²) in [6.07, 6.45) is 0. The van der Waals surface area contributed by atoms with Crippen LogP contribution in [0.25, 0.3) is 16.5 Å². The predicted molar refractivity (Wildman–Crippen MR) is 172 cm³/mol. The minimum atomic E-state index is -0.336. The maximum atomic E-state index is 13.3. The molecule has 0 bridgehead atoms. The molecule has 2 amide bonds. The molecule has 8 nitrogen and oxygen atoms in total. The number of fused-ring (bicyclic) bond motifs is 1. The van der Waals surface area contributed by atoms with Gasteiger partial charge in [-0.1, -0.05) is 76.6 Å². The van der Waals surface area contributed by atoms with Crippen LogP contribution in [0.4, 0.5) is 16.3 Å². The van der Waals surface area contributed by atoms with Gasteiger partial charge in [0.1, 0.15) is 37.8 Å². The summed E-state index contributed by atoms with van der Waals surface area (Å²) in [5, 5.41) is 12.8. The highest BCUT2D eigenvalue weighted by atomic mass is 16.5. The summed E-state index contributed by atoms with van der Waals surface area (Å²) < 4.78 is 14.5. The van der Waals surface area contributed by atoms with Crippen molar-refractivity contribution in [1.29, 1.82) is 0 Å². The van der Waals surface area contributed by atoms with E-state index in [1.807, 2.05) is 87.5 Å². The number of aromatic nitrogens is 2. The Hall–Kier alpha value is -3.88. The Kier molecular flexibility index (Phi) is 9.91. The topological polar surface area (TPSA) is 77.4 Å². The van der Waals surface area contributed by atoms with Crippen LogP contribution < -0.4 is 15.4 Å². The molecule has 224 valence electrons. The molecular formula is C34H46N5O3+. The highest BCUT2D eigenvalue weighted by Gasteiger charge is 2.25. The van der Waals surface area contributed by atoms with Crippen molar-refractivity contribution in [2.24, 2.45) is 0 Å². The van der Waals surface area contributed by atoms with Crippen LogP contribution in [-0.2, 0) is 10.2 Å². The molecule has 2 N–H and O–H groups in total. The lowest BCUT2D eigenvalue weighted by molar-refractivity contribution is -0.916. The number of aryl methyl sites for hydroxylation is 1. The summed E-state index contributed by atoms with van der Waals surface area (Å²) >= 11 is 0. The van der Waals surface area contributed by atoms with Crippen molar-refractivity contribution in [2.45, 2.75) is 47.0 Å². The first kappa shape index (κ1) is 31.1. The van der Waals surface area contributed by atoms with Gasteiger partial charge in [-0.2, -0.15) is 5.10 Å². The van der Waals surface area contributed by atoms with Crippen LogP contribution in [0, 0.1) is 6.92 Å². The Labute approximate surface area is 250 Å². The second-order valence-electron chi connectivity index (χ2n) is 11.9. The molecule has 1 fully saturated rings. The van der Waals surface area contributed by atoms with Gasteiger partial charge in [0.2, 0.25) is 0 Å². The van der Waals surface area contributed by atoms with E-state index in [1.165, 1.54) is 0 Å². The first-order chi connectivity index (χ1) is 20.1. The third-order valence-electron chi connectivity index (χ3n) is 7.57. The molecule has 0 spiro atoms. The lowest BCUT2D eigenvalue weighted by atomic mass is 9.92. The second-order valence-corrected chi connectivity index (χ2v) is 11.9. The molecular weight excluding hydrogens is 526 g/mol. The van der Waals surface area contributed by atoms with E-state index in [4.69, 9.17) is 14.6 Å². The van der Waals surface area contributed by atoms with Crippen LogP contribution >= 0.6 is 0 Å². The van der Waals surface area contributed by atoms with Gasteiger partial charge in [-0.05, 0) is 31.2 Å². The number of amides is 2. The minimum absolute atomic E-state index is 0.171. The molecule has 8 heteroatoms. The number of quaternary nitrogens is 1. The van der Waals surface area contributed by atoms with Crippen molar-refractivity contribution in [3.05, 3.63) is 78.0 Å². The van der Waals surface area contributed by atoms with Gasteiger partial charge in [0.05, 0.1) is 37.3 Å². The minimum Gasteiger partial charge on any atom is -0.487 e. The fraction of sp³-hybridized carbons (Fsp3) is 0.412. The largest absolute Gasteiger partial charge is 0.487 e. The smallest absolute Gasteiger partial charge is 0.324 e. The zero-order chi connectivity index (χ0) is 30.3. The zero-order valence-corrected chi connectivity index (χ0v) is 26.2. The van der Waals surface area contributed by atoms with E-state index in [2.05, 4.69) is 38.5 Å². The van der Waals surface area contributed by atoms with E-state index in [1.54, 1.807) is 4.68 Å². The Morgan fingerprint density at radius 3 is 2.31 bits per heavy atom. The van der Waals surface area contributed by atoms with Gasteiger partial charge in [0, 0.05) is 22.3 Å². The number of ether oxygens (including phenoxy) is 2. The Bertz CT molecular complexity index is 1480. The van der Waals surface area contributed by atoms with Gasteiger partial charge in [-0.15, -0.1) is 0 Å². The molecule has 1 aliphatic heterocycles. The van der Waals surface area contributed by atoms with E-state index in [-0.39, 0.29) is 11.4 Å². The van der Waals surface area contributed by atoms with Crippen LogP contribution in [0.2, 0.25) is 0 Å². The summed E-state index contributed by atoms with van der Waals surface area (Å²) in [5.41, 5.74) is 3.48. The summed E-state index contributed by atoms with van der Waals surface area (Å²) in [5.74, 6) is 1.42. The molecule has 0 aliphatic carbocycles. The Morgan fingerprint density at radius 2 is 1.64 bits per heavy atom. The summed E-state index contributed by atoms with van der Waals surface area (Å²) in [6.45, 7) is 17.5. The number of nitrogens with one attached hydrogen (secondary N) is 2. The molecule has 0 atom stereocenters. The van der Waals surface area contributed by atoms with E-state index < -0.39 is 0 Å². The van der Waals surface area contributed by atoms with Crippen LogP contribution in [0.15, 0.2) is 66.7 Å². The molecule has 2 heterocycles. The van der Waals surface area contributed by atoms with Crippen LogP contribution in [0.1, 0.15) is 45.9 Å². The molecule has 0 radical (unpaired) electrons. The van der Waals surface area contributed by atoms with Crippen molar-refractivity contribution < 1.29 is 18.8 Å². The number of anilines is 2. The molecule has 3 aromatic carbocycles. The van der Waals surface area contributed by atoms with Crippen LogP contribution in [0.3, 0.4) is 0 Å². The molecule has 0 saturated carbocycles. The van der Waals surface area contributed by atoms with Crippen molar-refractivity contribution in [3.8, 4) is 11.4 Å². The van der Waals surface area contributed by atoms with E-state index in [0.717, 1.165) is 70.8 Å². The van der Waals surface area contributed by atoms with E-state index in [9.17, 15) is 4.79 Å². The summed E-state index contributed by atoms with van der Waals surface area (Å²) in [4.78, 5) is 13.3. The monoisotopic (exact) mass is 572 g/mol.